The number of fused-ring (bicyclic) bond motifs is 1. The van der Waals surface area contributed by atoms with Crippen LogP contribution in [-0.2, 0) is 7.05 Å². The second-order valence-corrected chi connectivity index (χ2v) is 3.61. The standard InChI is InChI=1S/C9H10N2S/c1-11-6-7-5-8(12-2)3-4-9(7)10-11/h3-6H,1-2H3. The molecule has 3 heteroatoms. The number of hydrogen-bond donors (Lipinski definition) is 0. The van der Waals surface area contributed by atoms with Gasteiger partial charge in [-0.3, -0.25) is 4.68 Å². The van der Waals surface area contributed by atoms with Gasteiger partial charge in [0.15, 0.2) is 0 Å². The van der Waals surface area contributed by atoms with Gasteiger partial charge in [-0.25, -0.2) is 0 Å². The van der Waals surface area contributed by atoms with Crippen molar-refractivity contribution in [2.75, 3.05) is 6.26 Å². The first-order valence-corrected chi connectivity index (χ1v) is 4.99. The highest BCUT2D eigenvalue weighted by molar-refractivity contribution is 7.98. The maximum absolute atomic E-state index is 4.30. The molecule has 62 valence electrons. The monoisotopic (exact) mass is 178 g/mol. The van der Waals surface area contributed by atoms with Crippen LogP contribution in [0.2, 0.25) is 0 Å². The van der Waals surface area contributed by atoms with Gasteiger partial charge in [-0.1, -0.05) is 0 Å². The molecular formula is C9H10N2S. The predicted molar refractivity (Wildman–Crippen MR) is 52.5 cm³/mol. The van der Waals surface area contributed by atoms with Crippen LogP contribution in [0.1, 0.15) is 0 Å². The highest BCUT2D eigenvalue weighted by Gasteiger charge is 1.98. The van der Waals surface area contributed by atoms with E-state index in [1.807, 2.05) is 17.9 Å². The molecule has 0 amide bonds. The summed E-state index contributed by atoms with van der Waals surface area (Å²) in [4.78, 5) is 1.29. The zero-order chi connectivity index (χ0) is 8.55. The van der Waals surface area contributed by atoms with Gasteiger partial charge in [-0.05, 0) is 24.5 Å². The van der Waals surface area contributed by atoms with Crippen LogP contribution >= 0.6 is 11.8 Å². The second kappa shape index (κ2) is 2.83. The minimum atomic E-state index is 1.07. The Kier molecular flexibility index (Phi) is 1.81. The lowest BCUT2D eigenvalue weighted by Crippen LogP contribution is -1.84. The van der Waals surface area contributed by atoms with Crippen LogP contribution in [0.15, 0.2) is 29.3 Å². The third-order valence-corrected chi connectivity index (χ3v) is 2.55. The smallest absolute Gasteiger partial charge is 0.0923 e. The van der Waals surface area contributed by atoms with Gasteiger partial charge in [-0.2, -0.15) is 5.10 Å². The Labute approximate surface area is 75.6 Å². The molecule has 0 aliphatic rings. The van der Waals surface area contributed by atoms with E-state index in [4.69, 9.17) is 0 Å². The number of aromatic nitrogens is 2. The van der Waals surface area contributed by atoms with Crippen molar-refractivity contribution in [1.82, 2.24) is 9.78 Å². The van der Waals surface area contributed by atoms with Crippen molar-refractivity contribution in [2.45, 2.75) is 4.90 Å². The van der Waals surface area contributed by atoms with Crippen molar-refractivity contribution < 1.29 is 0 Å². The lowest BCUT2D eigenvalue weighted by Gasteiger charge is -1.92. The molecule has 0 aliphatic carbocycles. The van der Waals surface area contributed by atoms with Crippen molar-refractivity contribution >= 4 is 22.7 Å². The number of thioether (sulfide) groups is 1. The quantitative estimate of drug-likeness (QED) is 0.623. The second-order valence-electron chi connectivity index (χ2n) is 2.73. The van der Waals surface area contributed by atoms with Gasteiger partial charge < -0.3 is 0 Å². The molecule has 0 N–H and O–H groups in total. The first-order valence-electron chi connectivity index (χ1n) is 3.77. The van der Waals surface area contributed by atoms with Crippen molar-refractivity contribution in [3.05, 3.63) is 24.4 Å². The fourth-order valence-electron chi connectivity index (χ4n) is 1.25. The Hall–Kier alpha value is -0.960. The molecule has 0 saturated carbocycles. The minimum absolute atomic E-state index is 1.07. The van der Waals surface area contributed by atoms with Crippen LogP contribution in [0.3, 0.4) is 0 Å². The maximum Gasteiger partial charge on any atom is 0.0923 e. The van der Waals surface area contributed by atoms with E-state index in [9.17, 15) is 0 Å². The minimum Gasteiger partial charge on any atom is -0.275 e. The molecule has 0 unspecified atom stereocenters. The molecule has 1 aromatic carbocycles. The van der Waals surface area contributed by atoms with Gasteiger partial charge in [0, 0.05) is 23.5 Å². The molecule has 0 spiro atoms. The molecule has 1 aromatic heterocycles. The number of benzene rings is 1. The highest BCUT2D eigenvalue weighted by Crippen LogP contribution is 2.20. The molecule has 0 fully saturated rings. The summed E-state index contributed by atoms with van der Waals surface area (Å²) in [7, 11) is 1.94. The van der Waals surface area contributed by atoms with Gasteiger partial charge in [-0.15, -0.1) is 11.8 Å². The van der Waals surface area contributed by atoms with Crippen molar-refractivity contribution in [3.63, 3.8) is 0 Å². The zero-order valence-corrected chi connectivity index (χ0v) is 7.93. The summed E-state index contributed by atoms with van der Waals surface area (Å²) < 4.78 is 1.84. The number of rotatable bonds is 1. The summed E-state index contributed by atoms with van der Waals surface area (Å²) in [6, 6.07) is 6.31. The summed E-state index contributed by atoms with van der Waals surface area (Å²) in [5.41, 5.74) is 1.07. The molecule has 1 heterocycles. The summed E-state index contributed by atoms with van der Waals surface area (Å²) in [6.45, 7) is 0. The molecule has 0 atom stereocenters. The average Bonchev–Trinajstić information content (AvgIpc) is 2.43. The maximum atomic E-state index is 4.30. The van der Waals surface area contributed by atoms with E-state index in [0.29, 0.717) is 0 Å². The Balaban J connectivity index is 2.66. The molecular weight excluding hydrogens is 168 g/mol. The van der Waals surface area contributed by atoms with Crippen LogP contribution in [0, 0.1) is 0 Å². The zero-order valence-electron chi connectivity index (χ0n) is 7.11. The number of hydrogen-bond acceptors (Lipinski definition) is 2. The van der Waals surface area contributed by atoms with E-state index in [-0.39, 0.29) is 0 Å². The van der Waals surface area contributed by atoms with E-state index < -0.39 is 0 Å². The Bertz CT molecular complexity index is 406. The fraction of sp³-hybridized carbons (Fsp3) is 0.222. The summed E-state index contributed by atoms with van der Waals surface area (Å²) in [5, 5.41) is 5.51. The predicted octanol–water partition coefficient (Wildman–Crippen LogP) is 2.30. The molecule has 12 heavy (non-hydrogen) atoms. The van der Waals surface area contributed by atoms with E-state index in [0.717, 1.165) is 5.52 Å². The number of aryl methyl sites for hydroxylation is 1. The van der Waals surface area contributed by atoms with Crippen molar-refractivity contribution in [2.24, 2.45) is 7.05 Å². The fourth-order valence-corrected chi connectivity index (χ4v) is 1.70. The van der Waals surface area contributed by atoms with Gasteiger partial charge >= 0.3 is 0 Å². The molecule has 0 saturated heterocycles. The van der Waals surface area contributed by atoms with Gasteiger partial charge in [0.2, 0.25) is 0 Å². The van der Waals surface area contributed by atoms with Crippen LogP contribution < -0.4 is 0 Å². The molecule has 0 aliphatic heterocycles. The largest absolute Gasteiger partial charge is 0.275 e. The van der Waals surface area contributed by atoms with Gasteiger partial charge in [0.25, 0.3) is 0 Å². The Morgan fingerprint density at radius 1 is 1.42 bits per heavy atom. The topological polar surface area (TPSA) is 17.8 Å². The lowest BCUT2D eigenvalue weighted by atomic mass is 10.3. The van der Waals surface area contributed by atoms with E-state index in [2.05, 4.69) is 29.6 Å². The lowest BCUT2D eigenvalue weighted by molar-refractivity contribution is 0.780. The van der Waals surface area contributed by atoms with Crippen molar-refractivity contribution in [3.8, 4) is 0 Å². The Morgan fingerprint density at radius 3 is 3.00 bits per heavy atom. The summed E-state index contributed by atoms with van der Waals surface area (Å²) in [6.07, 6.45) is 4.12. The van der Waals surface area contributed by atoms with Crippen LogP contribution in [0.4, 0.5) is 0 Å². The molecule has 0 bridgehead atoms. The third kappa shape index (κ3) is 1.20. The van der Waals surface area contributed by atoms with E-state index in [1.54, 1.807) is 11.8 Å². The van der Waals surface area contributed by atoms with Gasteiger partial charge in [0.05, 0.1) is 5.52 Å². The first-order chi connectivity index (χ1) is 5.79. The molecule has 2 nitrogen and oxygen atoms in total. The highest BCUT2D eigenvalue weighted by atomic mass is 32.2. The first kappa shape index (κ1) is 7.68. The summed E-state index contributed by atoms with van der Waals surface area (Å²) in [5.74, 6) is 0. The number of nitrogens with zero attached hydrogens (tertiary/aromatic N) is 2. The van der Waals surface area contributed by atoms with E-state index >= 15 is 0 Å². The molecule has 2 aromatic rings. The average molecular weight is 178 g/mol. The Morgan fingerprint density at radius 2 is 2.25 bits per heavy atom. The van der Waals surface area contributed by atoms with Crippen LogP contribution in [0.5, 0.6) is 0 Å². The molecule has 0 radical (unpaired) electrons. The molecule has 2 rings (SSSR count). The SMILES string of the molecule is CSc1ccc2nn(C)cc2c1. The van der Waals surface area contributed by atoms with Crippen molar-refractivity contribution in [1.29, 1.82) is 0 Å². The van der Waals surface area contributed by atoms with E-state index in [1.165, 1.54) is 10.3 Å². The third-order valence-electron chi connectivity index (χ3n) is 1.83. The van der Waals surface area contributed by atoms with Crippen LogP contribution in [-0.4, -0.2) is 16.0 Å². The normalized spacial score (nSPS) is 10.8. The van der Waals surface area contributed by atoms with Gasteiger partial charge in [0.1, 0.15) is 0 Å². The summed E-state index contributed by atoms with van der Waals surface area (Å²) >= 11 is 1.76. The van der Waals surface area contributed by atoms with Crippen LogP contribution in [0.25, 0.3) is 10.9 Å².